The molecular weight excluding hydrogens is 250 g/mol. The minimum Gasteiger partial charge on any atom is -0.490 e. The molecule has 1 saturated carbocycles. The van der Waals surface area contributed by atoms with Crippen molar-refractivity contribution in [2.45, 2.75) is 37.9 Å². The lowest BCUT2D eigenvalue weighted by molar-refractivity contribution is 0.167. The summed E-state index contributed by atoms with van der Waals surface area (Å²) >= 11 is 0. The molecule has 0 saturated heterocycles. The molecule has 2 aromatic rings. The van der Waals surface area contributed by atoms with Crippen LogP contribution in [0, 0.1) is 0 Å². The van der Waals surface area contributed by atoms with Gasteiger partial charge in [0, 0.05) is 12.4 Å². The van der Waals surface area contributed by atoms with Gasteiger partial charge in [-0.3, -0.25) is 4.98 Å². The van der Waals surface area contributed by atoms with Gasteiger partial charge in [0.05, 0.1) is 12.2 Å². The van der Waals surface area contributed by atoms with E-state index in [1.807, 2.05) is 36.4 Å². The van der Waals surface area contributed by atoms with Crippen LogP contribution in [0.15, 0.2) is 48.8 Å². The maximum Gasteiger partial charge on any atom is 0.120 e. The van der Waals surface area contributed by atoms with Crippen molar-refractivity contribution in [3.8, 4) is 5.75 Å². The molecule has 1 N–H and O–H groups in total. The quantitative estimate of drug-likeness (QED) is 0.875. The van der Waals surface area contributed by atoms with Crippen LogP contribution in [0.2, 0.25) is 0 Å². The lowest BCUT2D eigenvalue weighted by Crippen LogP contribution is -2.01. The van der Waals surface area contributed by atoms with Crippen LogP contribution in [0.25, 0.3) is 0 Å². The molecule has 1 aliphatic carbocycles. The molecule has 3 heteroatoms. The van der Waals surface area contributed by atoms with Crippen molar-refractivity contribution < 1.29 is 9.84 Å². The number of hydrogen-bond acceptors (Lipinski definition) is 3. The van der Waals surface area contributed by atoms with Gasteiger partial charge in [0.2, 0.25) is 0 Å². The van der Waals surface area contributed by atoms with Gasteiger partial charge in [-0.25, -0.2) is 0 Å². The lowest BCUT2D eigenvalue weighted by atomic mass is 10.0. The number of pyridine rings is 1. The molecule has 0 aliphatic heterocycles. The molecule has 1 fully saturated rings. The number of nitrogens with zero attached hydrogens (tertiary/aromatic N) is 1. The first-order chi connectivity index (χ1) is 9.81. The largest absolute Gasteiger partial charge is 0.490 e. The molecule has 0 amide bonds. The summed E-state index contributed by atoms with van der Waals surface area (Å²) in [6.07, 6.45) is 7.35. The Balaban J connectivity index is 1.59. The number of hydrogen-bond donors (Lipinski definition) is 1. The average Bonchev–Trinajstić information content (AvgIpc) is 3.30. The maximum atomic E-state index is 10.3. The lowest BCUT2D eigenvalue weighted by Gasteiger charge is -2.13. The second-order valence-corrected chi connectivity index (χ2v) is 5.30. The van der Waals surface area contributed by atoms with E-state index in [1.54, 1.807) is 12.4 Å². The van der Waals surface area contributed by atoms with Gasteiger partial charge in [0.15, 0.2) is 0 Å². The monoisotopic (exact) mass is 269 g/mol. The minimum atomic E-state index is -0.453. The van der Waals surface area contributed by atoms with Crippen LogP contribution >= 0.6 is 0 Å². The number of rotatable bonds is 6. The second-order valence-electron chi connectivity index (χ2n) is 5.30. The predicted octanol–water partition coefficient (Wildman–Crippen LogP) is 3.29. The highest BCUT2D eigenvalue weighted by atomic mass is 16.5. The van der Waals surface area contributed by atoms with Crippen LogP contribution in [0.4, 0.5) is 0 Å². The number of aromatic nitrogens is 1. The molecule has 1 unspecified atom stereocenters. The fourth-order valence-corrected chi connectivity index (χ4v) is 2.19. The zero-order valence-corrected chi connectivity index (χ0v) is 11.4. The van der Waals surface area contributed by atoms with Crippen molar-refractivity contribution in [2.24, 2.45) is 0 Å². The first-order valence-electron chi connectivity index (χ1n) is 7.15. The highest BCUT2D eigenvalue weighted by molar-refractivity contribution is 5.30. The molecule has 1 aromatic heterocycles. The van der Waals surface area contributed by atoms with Crippen LogP contribution in [0.3, 0.4) is 0 Å². The van der Waals surface area contributed by atoms with E-state index in [1.165, 1.54) is 5.56 Å². The van der Waals surface area contributed by atoms with Crippen LogP contribution in [-0.2, 0) is 6.42 Å². The van der Waals surface area contributed by atoms with Gasteiger partial charge in [-0.15, -0.1) is 0 Å². The summed E-state index contributed by atoms with van der Waals surface area (Å²) in [5.74, 6) is 0.868. The highest BCUT2D eigenvalue weighted by Crippen LogP contribution is 2.29. The third kappa shape index (κ3) is 3.58. The van der Waals surface area contributed by atoms with Gasteiger partial charge in [0.1, 0.15) is 5.75 Å². The molecule has 1 aliphatic rings. The topological polar surface area (TPSA) is 42.4 Å². The summed E-state index contributed by atoms with van der Waals surface area (Å²) in [4.78, 5) is 4.00. The summed E-state index contributed by atoms with van der Waals surface area (Å²) in [6, 6.07) is 11.8. The smallest absolute Gasteiger partial charge is 0.120 e. The van der Waals surface area contributed by atoms with Crippen LogP contribution < -0.4 is 4.74 Å². The van der Waals surface area contributed by atoms with E-state index in [9.17, 15) is 5.11 Å². The highest BCUT2D eigenvalue weighted by Gasteiger charge is 2.23. The third-order valence-corrected chi connectivity index (χ3v) is 3.53. The predicted molar refractivity (Wildman–Crippen MR) is 77.6 cm³/mol. The molecule has 1 heterocycles. The van der Waals surface area contributed by atoms with Crippen LogP contribution in [0.5, 0.6) is 5.75 Å². The molecule has 3 rings (SSSR count). The molecule has 0 bridgehead atoms. The van der Waals surface area contributed by atoms with E-state index in [4.69, 9.17) is 4.74 Å². The Hall–Kier alpha value is -1.87. The van der Waals surface area contributed by atoms with Crippen molar-refractivity contribution in [2.75, 3.05) is 0 Å². The van der Waals surface area contributed by atoms with E-state index >= 15 is 0 Å². The average molecular weight is 269 g/mol. The Morgan fingerprint density at radius 2 is 2.00 bits per heavy atom. The Morgan fingerprint density at radius 1 is 1.20 bits per heavy atom. The van der Waals surface area contributed by atoms with E-state index in [0.717, 1.165) is 30.6 Å². The molecular formula is C17H19NO2. The number of aliphatic hydroxyl groups excluding tert-OH is 1. The second kappa shape index (κ2) is 6.06. The molecule has 1 atom stereocenters. The Bertz CT molecular complexity index is 552. The Labute approximate surface area is 119 Å². The van der Waals surface area contributed by atoms with Crippen molar-refractivity contribution in [1.82, 2.24) is 4.98 Å². The summed E-state index contributed by atoms with van der Waals surface area (Å²) in [5, 5.41) is 10.3. The normalized spacial score (nSPS) is 15.8. The van der Waals surface area contributed by atoms with Gasteiger partial charge in [-0.2, -0.15) is 0 Å². The maximum absolute atomic E-state index is 10.3. The zero-order chi connectivity index (χ0) is 13.8. The first kappa shape index (κ1) is 13.1. The van der Waals surface area contributed by atoms with Crippen molar-refractivity contribution in [3.63, 3.8) is 0 Å². The molecule has 20 heavy (non-hydrogen) atoms. The van der Waals surface area contributed by atoms with Gasteiger partial charge in [-0.1, -0.05) is 12.1 Å². The van der Waals surface area contributed by atoms with Crippen molar-refractivity contribution in [1.29, 1.82) is 0 Å². The standard InChI is InChI=1S/C17H19NO2/c19-17(7-4-13-8-10-18-11-9-13)14-2-1-3-16(12-14)20-15-5-6-15/h1-3,8-12,15,17,19H,4-7H2. The van der Waals surface area contributed by atoms with Crippen molar-refractivity contribution in [3.05, 3.63) is 59.9 Å². The van der Waals surface area contributed by atoms with Gasteiger partial charge >= 0.3 is 0 Å². The fraction of sp³-hybridized carbons (Fsp3) is 0.353. The summed E-state index contributed by atoms with van der Waals surface area (Å²) < 4.78 is 5.76. The van der Waals surface area contributed by atoms with Crippen LogP contribution in [0.1, 0.15) is 36.5 Å². The zero-order valence-electron chi connectivity index (χ0n) is 11.4. The number of benzene rings is 1. The van der Waals surface area contributed by atoms with E-state index in [2.05, 4.69) is 4.98 Å². The Morgan fingerprint density at radius 3 is 2.75 bits per heavy atom. The summed E-state index contributed by atoms with van der Waals surface area (Å²) in [6.45, 7) is 0. The summed E-state index contributed by atoms with van der Waals surface area (Å²) in [7, 11) is 0. The number of aliphatic hydroxyl groups is 1. The Kier molecular flexibility index (Phi) is 3.97. The number of ether oxygens (including phenoxy) is 1. The van der Waals surface area contributed by atoms with Crippen molar-refractivity contribution >= 4 is 0 Å². The summed E-state index contributed by atoms with van der Waals surface area (Å²) in [5.41, 5.74) is 2.13. The molecule has 104 valence electrons. The van der Waals surface area contributed by atoms with Gasteiger partial charge < -0.3 is 9.84 Å². The molecule has 1 aromatic carbocycles. The van der Waals surface area contributed by atoms with Crippen LogP contribution in [-0.4, -0.2) is 16.2 Å². The molecule has 3 nitrogen and oxygen atoms in total. The van der Waals surface area contributed by atoms with Gasteiger partial charge in [-0.05, 0) is 61.1 Å². The minimum absolute atomic E-state index is 0.388. The molecule has 0 radical (unpaired) electrons. The first-order valence-corrected chi connectivity index (χ1v) is 7.15. The third-order valence-electron chi connectivity index (χ3n) is 3.53. The SMILES string of the molecule is OC(CCc1ccncc1)c1cccc(OC2CC2)c1. The fourth-order valence-electron chi connectivity index (χ4n) is 2.19. The molecule has 0 spiro atoms. The van der Waals surface area contributed by atoms with E-state index in [-0.39, 0.29) is 0 Å². The van der Waals surface area contributed by atoms with Gasteiger partial charge in [0.25, 0.3) is 0 Å². The van der Waals surface area contributed by atoms with E-state index < -0.39 is 6.10 Å². The van der Waals surface area contributed by atoms with E-state index in [0.29, 0.717) is 12.5 Å². The number of aryl methyl sites for hydroxylation is 1.